The highest BCUT2D eigenvalue weighted by molar-refractivity contribution is 6.24. The fourth-order valence-corrected chi connectivity index (χ4v) is 3.25. The first-order valence-corrected chi connectivity index (χ1v) is 8.10. The van der Waals surface area contributed by atoms with Gasteiger partial charge in [-0.15, -0.1) is 5.10 Å². The molecule has 0 bridgehead atoms. The Morgan fingerprint density at radius 2 is 1.36 bits per heavy atom. The fraction of sp³-hybridized carbons (Fsp3) is 0.0476. The minimum absolute atomic E-state index is 0.270. The van der Waals surface area contributed by atoms with Crippen LogP contribution in [0, 0.1) is 0 Å². The third-order valence-electron chi connectivity index (χ3n) is 4.42. The zero-order valence-corrected chi connectivity index (χ0v) is 13.3. The predicted molar refractivity (Wildman–Crippen MR) is 97.7 cm³/mol. The molecule has 120 valence electrons. The molecule has 0 unspecified atom stereocenters. The number of fused-ring (bicyclic) bond motifs is 4. The van der Waals surface area contributed by atoms with E-state index in [1.165, 1.54) is 11.1 Å². The molecule has 0 saturated carbocycles. The molecule has 0 spiro atoms. The van der Waals surface area contributed by atoms with E-state index in [9.17, 15) is 0 Å². The molecule has 1 heterocycles. The quantitative estimate of drug-likeness (QED) is 0.408. The maximum atomic E-state index is 5.39. The lowest BCUT2D eigenvalue weighted by Crippen LogP contribution is -1.97. The molecule has 4 heteroatoms. The molecule has 3 aromatic rings. The van der Waals surface area contributed by atoms with Crippen molar-refractivity contribution in [3.8, 4) is 22.6 Å². The minimum atomic E-state index is 0.270. The van der Waals surface area contributed by atoms with Gasteiger partial charge in [0.25, 0.3) is 0 Å². The standard InChI is InChI=1S/C21H14N2O2/c1-3-7-17-15(5-1)16-6-2-4-8-18(16)21(17)23-22-12-14-9-10-19-20(11-14)25-13-24-19/h1-12H,13H2/b22-12+. The van der Waals surface area contributed by atoms with Gasteiger partial charge in [-0.25, -0.2) is 0 Å². The molecule has 0 atom stereocenters. The number of hydrogen-bond acceptors (Lipinski definition) is 4. The number of hydrogen-bond donors (Lipinski definition) is 0. The molecule has 3 aromatic carbocycles. The maximum absolute atomic E-state index is 5.39. The lowest BCUT2D eigenvalue weighted by Gasteiger charge is -1.99. The van der Waals surface area contributed by atoms with Gasteiger partial charge < -0.3 is 9.47 Å². The van der Waals surface area contributed by atoms with E-state index in [4.69, 9.17) is 9.47 Å². The molecule has 4 nitrogen and oxygen atoms in total. The summed E-state index contributed by atoms with van der Waals surface area (Å²) in [7, 11) is 0. The highest BCUT2D eigenvalue weighted by Gasteiger charge is 2.23. The van der Waals surface area contributed by atoms with Gasteiger partial charge in [0.2, 0.25) is 6.79 Å². The van der Waals surface area contributed by atoms with E-state index in [0.717, 1.165) is 33.9 Å². The van der Waals surface area contributed by atoms with Crippen LogP contribution in [0.5, 0.6) is 11.5 Å². The zero-order chi connectivity index (χ0) is 16.6. The van der Waals surface area contributed by atoms with Crippen LogP contribution in [0.3, 0.4) is 0 Å². The second-order valence-electron chi connectivity index (χ2n) is 5.90. The fourth-order valence-electron chi connectivity index (χ4n) is 3.25. The van der Waals surface area contributed by atoms with Gasteiger partial charge in [0.15, 0.2) is 11.5 Å². The summed E-state index contributed by atoms with van der Waals surface area (Å²) >= 11 is 0. The highest BCUT2D eigenvalue weighted by Crippen LogP contribution is 2.36. The summed E-state index contributed by atoms with van der Waals surface area (Å²) in [5.74, 6) is 1.51. The third kappa shape index (κ3) is 2.31. The van der Waals surface area contributed by atoms with Crippen molar-refractivity contribution in [2.75, 3.05) is 6.79 Å². The molecule has 0 aromatic heterocycles. The molecule has 0 fully saturated rings. The van der Waals surface area contributed by atoms with Crippen LogP contribution in [0.4, 0.5) is 0 Å². The van der Waals surface area contributed by atoms with Crippen molar-refractivity contribution >= 4 is 11.9 Å². The lowest BCUT2D eigenvalue weighted by molar-refractivity contribution is 0.174. The van der Waals surface area contributed by atoms with Crippen LogP contribution in [0.25, 0.3) is 11.1 Å². The molecule has 0 saturated heterocycles. The van der Waals surface area contributed by atoms with Gasteiger partial charge in [-0.05, 0) is 34.9 Å². The molecule has 0 amide bonds. The van der Waals surface area contributed by atoms with Gasteiger partial charge in [0.1, 0.15) is 5.71 Å². The van der Waals surface area contributed by atoms with Gasteiger partial charge >= 0.3 is 0 Å². The van der Waals surface area contributed by atoms with E-state index in [2.05, 4.69) is 46.6 Å². The largest absolute Gasteiger partial charge is 0.454 e. The lowest BCUT2D eigenvalue weighted by atomic mass is 10.1. The first kappa shape index (κ1) is 14.0. The van der Waals surface area contributed by atoms with Crippen LogP contribution in [0.2, 0.25) is 0 Å². The highest BCUT2D eigenvalue weighted by atomic mass is 16.7. The van der Waals surface area contributed by atoms with Crippen molar-refractivity contribution in [1.82, 2.24) is 0 Å². The molecule has 1 aliphatic carbocycles. The Morgan fingerprint density at radius 3 is 2.08 bits per heavy atom. The molecule has 2 aliphatic rings. The van der Waals surface area contributed by atoms with Gasteiger partial charge in [0.05, 0.1) is 6.21 Å². The number of rotatable bonds is 2. The van der Waals surface area contributed by atoms with Gasteiger partial charge in [-0.2, -0.15) is 5.10 Å². The van der Waals surface area contributed by atoms with Gasteiger partial charge in [-0.3, -0.25) is 0 Å². The molecular weight excluding hydrogens is 312 g/mol. The smallest absolute Gasteiger partial charge is 0.231 e. The average Bonchev–Trinajstić information content (AvgIpc) is 3.25. The Bertz CT molecular complexity index is 990. The number of nitrogens with zero attached hydrogens (tertiary/aromatic N) is 2. The predicted octanol–water partition coefficient (Wildman–Crippen LogP) is 4.27. The van der Waals surface area contributed by atoms with Crippen molar-refractivity contribution in [1.29, 1.82) is 0 Å². The topological polar surface area (TPSA) is 43.2 Å². The van der Waals surface area contributed by atoms with Gasteiger partial charge in [0, 0.05) is 11.1 Å². The van der Waals surface area contributed by atoms with E-state index >= 15 is 0 Å². The molecule has 5 rings (SSSR count). The van der Waals surface area contributed by atoms with E-state index in [1.807, 2.05) is 30.3 Å². The molecule has 0 radical (unpaired) electrons. The van der Waals surface area contributed by atoms with Crippen molar-refractivity contribution in [3.05, 3.63) is 83.4 Å². The SMILES string of the molecule is C(=N\N=C1c2ccccc2-c2ccccc21)/c1ccc2c(c1)OCO2. The summed E-state index contributed by atoms with van der Waals surface area (Å²) < 4.78 is 10.7. The summed E-state index contributed by atoms with van der Waals surface area (Å²) in [5, 5.41) is 8.82. The van der Waals surface area contributed by atoms with Crippen LogP contribution in [0.15, 0.2) is 76.9 Å². The minimum Gasteiger partial charge on any atom is -0.454 e. The number of benzene rings is 3. The second kappa shape index (κ2) is 5.60. The summed E-state index contributed by atoms with van der Waals surface area (Å²) in [6.45, 7) is 0.270. The van der Waals surface area contributed by atoms with E-state index in [0.29, 0.717) is 0 Å². The molecular formula is C21H14N2O2. The maximum Gasteiger partial charge on any atom is 0.231 e. The van der Waals surface area contributed by atoms with Crippen molar-refractivity contribution in [2.24, 2.45) is 10.2 Å². The van der Waals surface area contributed by atoms with Crippen LogP contribution in [-0.2, 0) is 0 Å². The molecule has 1 aliphatic heterocycles. The zero-order valence-electron chi connectivity index (χ0n) is 13.3. The van der Waals surface area contributed by atoms with Crippen LogP contribution in [0.1, 0.15) is 16.7 Å². The Hall–Kier alpha value is -3.40. The average molecular weight is 326 g/mol. The summed E-state index contributed by atoms with van der Waals surface area (Å²) in [6.07, 6.45) is 1.73. The first-order chi connectivity index (χ1) is 12.4. The van der Waals surface area contributed by atoms with Crippen LogP contribution < -0.4 is 9.47 Å². The summed E-state index contributed by atoms with van der Waals surface area (Å²) in [5.41, 5.74) is 6.47. The van der Waals surface area contributed by atoms with E-state index in [-0.39, 0.29) is 6.79 Å². The molecule has 0 N–H and O–H groups in total. The van der Waals surface area contributed by atoms with E-state index < -0.39 is 0 Å². The van der Waals surface area contributed by atoms with Gasteiger partial charge in [-0.1, -0.05) is 48.5 Å². The molecule has 25 heavy (non-hydrogen) atoms. The Kier molecular flexibility index (Phi) is 3.13. The van der Waals surface area contributed by atoms with Crippen molar-refractivity contribution in [3.63, 3.8) is 0 Å². The number of ether oxygens (including phenoxy) is 2. The normalized spacial score (nSPS) is 13.8. The van der Waals surface area contributed by atoms with E-state index in [1.54, 1.807) is 6.21 Å². The van der Waals surface area contributed by atoms with Crippen LogP contribution >= 0.6 is 0 Å². The Morgan fingerprint density at radius 1 is 0.720 bits per heavy atom. The van der Waals surface area contributed by atoms with Crippen LogP contribution in [-0.4, -0.2) is 18.7 Å². The summed E-state index contributed by atoms with van der Waals surface area (Å²) in [4.78, 5) is 0. The Labute approximate surface area is 145 Å². The third-order valence-corrected chi connectivity index (χ3v) is 4.42. The van der Waals surface area contributed by atoms with Crippen molar-refractivity contribution in [2.45, 2.75) is 0 Å². The first-order valence-electron chi connectivity index (χ1n) is 8.10. The Balaban J connectivity index is 1.52. The van der Waals surface area contributed by atoms with Crippen molar-refractivity contribution < 1.29 is 9.47 Å². The monoisotopic (exact) mass is 326 g/mol. The summed E-state index contributed by atoms with van der Waals surface area (Å²) in [6, 6.07) is 22.3. The second-order valence-corrected chi connectivity index (χ2v) is 5.90.